The van der Waals surface area contributed by atoms with E-state index in [0.717, 1.165) is 6.42 Å². The molecule has 0 heterocycles. The molecule has 0 nitrogen and oxygen atoms in total. The van der Waals surface area contributed by atoms with Crippen molar-refractivity contribution in [3.8, 4) is 0 Å². The van der Waals surface area contributed by atoms with E-state index in [9.17, 15) is 0 Å². The lowest BCUT2D eigenvalue weighted by Gasteiger charge is -2.27. The van der Waals surface area contributed by atoms with Crippen LogP contribution in [0.25, 0.3) is 0 Å². The normalized spacial score (nSPS) is 14.7. The summed E-state index contributed by atoms with van der Waals surface area (Å²) in [5.74, 6) is 2.35. The van der Waals surface area contributed by atoms with Crippen LogP contribution in [0.2, 0.25) is 0 Å². The third kappa shape index (κ3) is 7.32. The van der Waals surface area contributed by atoms with Crippen LogP contribution in [0.15, 0.2) is 78.9 Å². The van der Waals surface area contributed by atoms with Crippen molar-refractivity contribution in [2.45, 2.75) is 97.8 Å². The largest absolute Gasteiger partial charge is 0.0776 e. The average Bonchev–Trinajstić information content (AvgIpc) is 2.86. The number of aryl methyl sites for hydroxylation is 1. The summed E-state index contributed by atoms with van der Waals surface area (Å²) in [5, 5.41) is 0. The summed E-state index contributed by atoms with van der Waals surface area (Å²) in [6.07, 6.45) is 5.89. The van der Waals surface area contributed by atoms with Crippen LogP contribution in [0.5, 0.6) is 0 Å². The average molecular weight is 443 g/mol. The molecule has 33 heavy (non-hydrogen) atoms. The Morgan fingerprint density at radius 3 is 1.55 bits per heavy atom. The molecule has 4 atom stereocenters. The zero-order valence-electron chi connectivity index (χ0n) is 20.9. The van der Waals surface area contributed by atoms with Gasteiger partial charge in [0, 0.05) is 0 Å². The Bertz CT molecular complexity index is 905. The Kier molecular flexibility index (Phi) is 10.9. The highest BCUT2D eigenvalue weighted by atomic mass is 14.3. The van der Waals surface area contributed by atoms with E-state index in [2.05, 4.69) is 113 Å². The fraction of sp³-hybridized carbons (Fsp3) is 0.455. The Hall–Kier alpha value is -2.34. The van der Waals surface area contributed by atoms with E-state index < -0.39 is 0 Å². The first-order valence-corrected chi connectivity index (χ1v) is 12.8. The molecule has 0 fully saturated rings. The van der Waals surface area contributed by atoms with E-state index in [1.165, 1.54) is 53.5 Å². The van der Waals surface area contributed by atoms with Crippen molar-refractivity contribution >= 4 is 0 Å². The van der Waals surface area contributed by atoms with Crippen molar-refractivity contribution in [2.24, 2.45) is 0 Å². The van der Waals surface area contributed by atoms with Gasteiger partial charge in [0.15, 0.2) is 0 Å². The molecule has 0 aliphatic rings. The van der Waals surface area contributed by atoms with Gasteiger partial charge in [0.25, 0.3) is 0 Å². The van der Waals surface area contributed by atoms with Crippen LogP contribution in [0.3, 0.4) is 0 Å². The van der Waals surface area contributed by atoms with E-state index >= 15 is 0 Å². The second-order valence-electron chi connectivity index (χ2n) is 9.66. The zero-order chi connectivity index (χ0) is 22.9. The van der Waals surface area contributed by atoms with Crippen LogP contribution >= 0.6 is 0 Å². The summed E-state index contributed by atoms with van der Waals surface area (Å²) in [5.41, 5.74) is 7.34. The molecular formula is C33H46. The minimum atomic E-state index is 0. The topological polar surface area (TPSA) is 0 Å². The Morgan fingerprint density at radius 2 is 1.03 bits per heavy atom. The number of benzene rings is 3. The first-order chi connectivity index (χ1) is 15.5. The number of rotatable bonds is 11. The van der Waals surface area contributed by atoms with Gasteiger partial charge in [-0.05, 0) is 83.6 Å². The second-order valence-corrected chi connectivity index (χ2v) is 9.66. The van der Waals surface area contributed by atoms with Gasteiger partial charge in [-0.2, -0.15) is 0 Å². The van der Waals surface area contributed by atoms with Gasteiger partial charge in [0.2, 0.25) is 0 Å². The summed E-state index contributed by atoms with van der Waals surface area (Å²) in [6.45, 7) is 11.6. The van der Waals surface area contributed by atoms with Gasteiger partial charge < -0.3 is 0 Å². The van der Waals surface area contributed by atoms with Crippen LogP contribution in [0.1, 0.15) is 119 Å². The molecule has 0 heteroatoms. The molecule has 0 saturated heterocycles. The smallest absolute Gasteiger partial charge is 0.0150 e. The first-order valence-electron chi connectivity index (χ1n) is 12.8. The van der Waals surface area contributed by atoms with Crippen molar-refractivity contribution in [2.75, 3.05) is 0 Å². The maximum absolute atomic E-state index is 2.41. The van der Waals surface area contributed by atoms with Gasteiger partial charge in [-0.15, -0.1) is 0 Å². The highest BCUT2D eigenvalue weighted by Crippen LogP contribution is 2.38. The summed E-state index contributed by atoms with van der Waals surface area (Å²) in [6, 6.07) is 30.0. The molecule has 0 amide bonds. The molecule has 0 spiro atoms. The van der Waals surface area contributed by atoms with E-state index in [-0.39, 0.29) is 7.43 Å². The molecule has 0 radical (unpaired) electrons. The van der Waals surface area contributed by atoms with Gasteiger partial charge >= 0.3 is 0 Å². The van der Waals surface area contributed by atoms with Gasteiger partial charge in [0.1, 0.15) is 0 Å². The second kappa shape index (κ2) is 13.4. The fourth-order valence-electron chi connectivity index (χ4n) is 4.95. The Labute approximate surface area is 204 Å². The lowest BCUT2D eigenvalue weighted by Crippen LogP contribution is -2.10. The SMILES string of the molecule is C.CCc1ccc(C(CC(C)c2ccc(C(C)CC)cc2)CC(CC)c2ccccc2)cc1. The highest BCUT2D eigenvalue weighted by Gasteiger charge is 2.22. The summed E-state index contributed by atoms with van der Waals surface area (Å²) < 4.78 is 0. The predicted octanol–water partition coefficient (Wildman–Crippen LogP) is 10.3. The van der Waals surface area contributed by atoms with Crippen molar-refractivity contribution in [3.63, 3.8) is 0 Å². The Balaban J connectivity index is 0.00000385. The standard InChI is InChI=1S/C32H42.CH4/c1-6-24(4)28-18-20-29(21-19-28)25(5)22-32(31-16-14-26(7-2)15-17-31)23-27(8-3)30-12-10-9-11-13-30;/h9-21,24-25,27,32H,6-8,22-23H2,1-5H3;1H4. The van der Waals surface area contributed by atoms with Gasteiger partial charge in [0.05, 0.1) is 0 Å². The summed E-state index contributed by atoms with van der Waals surface area (Å²) >= 11 is 0. The third-order valence-electron chi connectivity index (χ3n) is 7.52. The molecule has 0 aliphatic carbocycles. The first kappa shape index (κ1) is 26.9. The van der Waals surface area contributed by atoms with E-state index in [4.69, 9.17) is 0 Å². The Morgan fingerprint density at radius 1 is 0.515 bits per heavy atom. The number of hydrogen-bond acceptors (Lipinski definition) is 0. The van der Waals surface area contributed by atoms with E-state index in [0.29, 0.717) is 23.7 Å². The molecular weight excluding hydrogens is 396 g/mol. The van der Waals surface area contributed by atoms with Crippen molar-refractivity contribution in [1.29, 1.82) is 0 Å². The maximum Gasteiger partial charge on any atom is -0.0150 e. The molecule has 3 aromatic carbocycles. The van der Waals surface area contributed by atoms with Crippen LogP contribution < -0.4 is 0 Å². The molecule has 0 aromatic heterocycles. The lowest BCUT2D eigenvalue weighted by molar-refractivity contribution is 0.467. The van der Waals surface area contributed by atoms with Crippen molar-refractivity contribution in [1.82, 2.24) is 0 Å². The predicted molar refractivity (Wildman–Crippen MR) is 148 cm³/mol. The van der Waals surface area contributed by atoms with Crippen molar-refractivity contribution < 1.29 is 0 Å². The van der Waals surface area contributed by atoms with Crippen molar-refractivity contribution in [3.05, 3.63) is 107 Å². The molecule has 0 N–H and O–H groups in total. The highest BCUT2D eigenvalue weighted by molar-refractivity contribution is 5.30. The molecule has 178 valence electrons. The minimum absolute atomic E-state index is 0. The fourth-order valence-corrected chi connectivity index (χ4v) is 4.95. The maximum atomic E-state index is 2.41. The zero-order valence-corrected chi connectivity index (χ0v) is 20.9. The quantitative estimate of drug-likeness (QED) is 0.277. The lowest BCUT2D eigenvalue weighted by atomic mass is 9.78. The molecule has 3 aromatic rings. The summed E-state index contributed by atoms with van der Waals surface area (Å²) in [4.78, 5) is 0. The van der Waals surface area contributed by atoms with Crippen LogP contribution in [-0.4, -0.2) is 0 Å². The molecule has 0 aliphatic heterocycles. The number of hydrogen-bond donors (Lipinski definition) is 0. The van der Waals surface area contributed by atoms with Gasteiger partial charge in [-0.1, -0.05) is 121 Å². The van der Waals surface area contributed by atoms with Crippen LogP contribution in [0.4, 0.5) is 0 Å². The van der Waals surface area contributed by atoms with Gasteiger partial charge in [-0.3, -0.25) is 0 Å². The summed E-state index contributed by atoms with van der Waals surface area (Å²) in [7, 11) is 0. The van der Waals surface area contributed by atoms with Crippen LogP contribution in [-0.2, 0) is 6.42 Å². The molecule has 4 unspecified atom stereocenters. The minimum Gasteiger partial charge on any atom is -0.0776 e. The monoisotopic (exact) mass is 442 g/mol. The molecule has 0 bridgehead atoms. The van der Waals surface area contributed by atoms with Gasteiger partial charge in [-0.25, -0.2) is 0 Å². The molecule has 0 saturated carbocycles. The van der Waals surface area contributed by atoms with Crippen LogP contribution in [0, 0.1) is 0 Å². The molecule has 3 rings (SSSR count). The van der Waals surface area contributed by atoms with E-state index in [1.807, 2.05) is 0 Å². The third-order valence-corrected chi connectivity index (χ3v) is 7.52. The van der Waals surface area contributed by atoms with E-state index in [1.54, 1.807) is 0 Å².